The molecule has 0 aliphatic carbocycles. The molecule has 0 bridgehead atoms. The number of para-hydroxylation sites is 2. The number of halogens is 1. The van der Waals surface area contributed by atoms with Crippen molar-refractivity contribution in [3.05, 3.63) is 142 Å². The highest BCUT2D eigenvalue weighted by atomic mass is 19.1. The number of hydrogen-bond acceptors (Lipinski definition) is 2. The van der Waals surface area contributed by atoms with E-state index in [-0.39, 0.29) is 17.6 Å². The lowest BCUT2D eigenvalue weighted by Crippen LogP contribution is -2.38. The highest BCUT2D eigenvalue weighted by Crippen LogP contribution is 2.32. The molecule has 0 atom stereocenters. The standard InChI is InChI=1S/C37H36FN3O.C2H6/c1-4-32(28-14-12-25(2)13-15-28)33-17-16-30(22-26(33)3)37(42)40-20-18-29(19-21-40)36-39-34-10-5-6-11-35(34)41(36)24-27-8-7-9-31(38)23-27;1-2/h4-17,22-23,29H,18-21,24H2,1-3H3;1-2H3/b32-4-;. The molecule has 226 valence electrons. The quantitative estimate of drug-likeness (QED) is 0.199. The van der Waals surface area contributed by atoms with Gasteiger partial charge in [-0.25, -0.2) is 9.37 Å². The van der Waals surface area contributed by atoms with Crippen LogP contribution >= 0.6 is 0 Å². The largest absolute Gasteiger partial charge is 0.339 e. The summed E-state index contributed by atoms with van der Waals surface area (Å²) in [7, 11) is 0. The van der Waals surface area contributed by atoms with E-state index in [0.29, 0.717) is 19.6 Å². The normalized spacial score (nSPS) is 14.0. The Bertz CT molecular complexity index is 1780. The van der Waals surface area contributed by atoms with Crippen LogP contribution in [0.5, 0.6) is 0 Å². The fourth-order valence-corrected chi connectivity index (χ4v) is 6.22. The van der Waals surface area contributed by atoms with E-state index in [2.05, 4.69) is 67.8 Å². The summed E-state index contributed by atoms with van der Waals surface area (Å²) < 4.78 is 16.2. The molecular formula is C39H42FN3O. The van der Waals surface area contributed by atoms with Gasteiger partial charge in [-0.2, -0.15) is 0 Å². The van der Waals surface area contributed by atoms with Crippen molar-refractivity contribution < 1.29 is 9.18 Å². The number of benzene rings is 4. The summed E-state index contributed by atoms with van der Waals surface area (Å²) in [6.45, 7) is 12.2. The van der Waals surface area contributed by atoms with Gasteiger partial charge in [-0.05, 0) is 97.8 Å². The first-order chi connectivity index (χ1) is 21.4. The number of aryl methyl sites for hydroxylation is 2. The van der Waals surface area contributed by atoms with Gasteiger partial charge in [-0.15, -0.1) is 0 Å². The highest BCUT2D eigenvalue weighted by molar-refractivity contribution is 5.95. The summed E-state index contributed by atoms with van der Waals surface area (Å²) >= 11 is 0. The predicted molar refractivity (Wildman–Crippen MR) is 180 cm³/mol. The van der Waals surface area contributed by atoms with Crippen molar-refractivity contribution in [2.45, 2.75) is 59.9 Å². The Labute approximate surface area is 260 Å². The number of carbonyl (C=O) groups excluding carboxylic acids is 1. The van der Waals surface area contributed by atoms with Crippen LogP contribution in [0.25, 0.3) is 16.6 Å². The zero-order valence-corrected chi connectivity index (χ0v) is 26.5. The van der Waals surface area contributed by atoms with Gasteiger partial charge in [0, 0.05) is 31.1 Å². The van der Waals surface area contributed by atoms with E-state index < -0.39 is 0 Å². The molecule has 2 heterocycles. The predicted octanol–water partition coefficient (Wildman–Crippen LogP) is 9.34. The molecule has 1 fully saturated rings. The molecule has 0 N–H and O–H groups in total. The second kappa shape index (κ2) is 13.9. The van der Waals surface area contributed by atoms with Crippen molar-refractivity contribution in [3.63, 3.8) is 0 Å². The number of aromatic nitrogens is 2. The summed E-state index contributed by atoms with van der Waals surface area (Å²) in [5.41, 5.74) is 9.47. The first-order valence-electron chi connectivity index (χ1n) is 15.7. The number of allylic oxidation sites excluding steroid dienone is 1. The number of fused-ring (bicyclic) bond motifs is 1. The van der Waals surface area contributed by atoms with Gasteiger partial charge in [0.05, 0.1) is 11.0 Å². The molecule has 1 aliphatic heterocycles. The van der Waals surface area contributed by atoms with E-state index in [1.54, 1.807) is 12.1 Å². The van der Waals surface area contributed by atoms with Crippen LogP contribution in [0, 0.1) is 19.7 Å². The van der Waals surface area contributed by atoms with E-state index in [1.807, 2.05) is 55.1 Å². The van der Waals surface area contributed by atoms with Gasteiger partial charge in [0.25, 0.3) is 5.91 Å². The van der Waals surface area contributed by atoms with Gasteiger partial charge < -0.3 is 9.47 Å². The first kappa shape index (κ1) is 30.9. The molecule has 5 heteroatoms. The van der Waals surface area contributed by atoms with Crippen molar-refractivity contribution in [2.24, 2.45) is 0 Å². The second-order valence-corrected chi connectivity index (χ2v) is 11.3. The monoisotopic (exact) mass is 587 g/mol. The molecule has 1 aliphatic rings. The minimum absolute atomic E-state index is 0.0775. The third kappa shape index (κ3) is 6.52. The van der Waals surface area contributed by atoms with Crippen LogP contribution in [0.4, 0.5) is 4.39 Å². The average molecular weight is 588 g/mol. The molecule has 1 amide bonds. The van der Waals surface area contributed by atoms with Gasteiger partial charge in [0.15, 0.2) is 0 Å². The maximum Gasteiger partial charge on any atom is 0.253 e. The number of carbonyl (C=O) groups is 1. The molecule has 0 radical (unpaired) electrons. The van der Waals surface area contributed by atoms with Crippen LogP contribution in [0.1, 0.15) is 83.5 Å². The van der Waals surface area contributed by atoms with Crippen LogP contribution in [-0.2, 0) is 6.54 Å². The molecule has 0 unspecified atom stereocenters. The number of nitrogens with zero attached hydrogens (tertiary/aromatic N) is 3. The Morgan fingerprint density at radius 2 is 1.59 bits per heavy atom. The summed E-state index contributed by atoms with van der Waals surface area (Å²) in [5.74, 6) is 1.09. The topological polar surface area (TPSA) is 38.1 Å². The molecule has 0 spiro atoms. The van der Waals surface area contributed by atoms with Gasteiger partial charge >= 0.3 is 0 Å². The Balaban J connectivity index is 0.00000188. The SMILES string of the molecule is C/C=C(/c1ccc(C)cc1)c1ccc(C(=O)N2CCC(c3nc4ccccc4n3Cc3cccc(F)c3)CC2)cc1C.CC. The summed E-state index contributed by atoms with van der Waals surface area (Å²) in [6.07, 6.45) is 3.82. The first-order valence-corrected chi connectivity index (χ1v) is 15.7. The summed E-state index contributed by atoms with van der Waals surface area (Å²) in [5, 5.41) is 0. The van der Waals surface area contributed by atoms with Gasteiger partial charge in [-0.1, -0.05) is 80.1 Å². The van der Waals surface area contributed by atoms with Crippen molar-refractivity contribution in [1.29, 1.82) is 0 Å². The smallest absolute Gasteiger partial charge is 0.253 e. The number of piperidine rings is 1. The Morgan fingerprint density at radius 3 is 2.27 bits per heavy atom. The molecule has 1 aromatic heterocycles. The molecule has 0 saturated carbocycles. The molecular weight excluding hydrogens is 545 g/mol. The minimum atomic E-state index is -0.231. The lowest BCUT2D eigenvalue weighted by atomic mass is 9.92. The van der Waals surface area contributed by atoms with Crippen molar-refractivity contribution in [2.75, 3.05) is 13.1 Å². The molecule has 4 nitrogen and oxygen atoms in total. The number of rotatable bonds is 6. The fraction of sp³-hybridized carbons (Fsp3) is 0.282. The Kier molecular flexibility index (Phi) is 9.74. The number of imidazole rings is 1. The maximum absolute atomic E-state index is 14.0. The molecule has 4 aromatic carbocycles. The van der Waals surface area contributed by atoms with Crippen LogP contribution in [0.3, 0.4) is 0 Å². The third-order valence-electron chi connectivity index (χ3n) is 8.48. The lowest BCUT2D eigenvalue weighted by Gasteiger charge is -2.32. The van der Waals surface area contributed by atoms with Crippen molar-refractivity contribution in [1.82, 2.24) is 14.5 Å². The molecule has 5 aromatic rings. The van der Waals surface area contributed by atoms with Crippen molar-refractivity contribution >= 4 is 22.5 Å². The third-order valence-corrected chi connectivity index (χ3v) is 8.48. The van der Waals surface area contributed by atoms with Gasteiger partial charge in [0.2, 0.25) is 0 Å². The van der Waals surface area contributed by atoms with Crippen LogP contribution in [0.15, 0.2) is 97.1 Å². The van der Waals surface area contributed by atoms with E-state index in [0.717, 1.165) is 52.0 Å². The lowest BCUT2D eigenvalue weighted by molar-refractivity contribution is 0.0710. The highest BCUT2D eigenvalue weighted by Gasteiger charge is 2.28. The second-order valence-electron chi connectivity index (χ2n) is 11.3. The number of likely N-dealkylation sites (tertiary alicyclic amines) is 1. The molecule has 44 heavy (non-hydrogen) atoms. The van der Waals surface area contributed by atoms with E-state index >= 15 is 0 Å². The van der Waals surface area contributed by atoms with E-state index in [9.17, 15) is 9.18 Å². The minimum Gasteiger partial charge on any atom is -0.339 e. The zero-order valence-electron chi connectivity index (χ0n) is 26.5. The van der Waals surface area contributed by atoms with Gasteiger partial charge in [0.1, 0.15) is 11.6 Å². The molecule has 6 rings (SSSR count). The summed E-state index contributed by atoms with van der Waals surface area (Å²) in [6, 6.07) is 29.5. The van der Waals surface area contributed by atoms with Gasteiger partial charge in [-0.3, -0.25) is 4.79 Å². The fourth-order valence-electron chi connectivity index (χ4n) is 6.22. The average Bonchev–Trinajstić information content (AvgIpc) is 3.41. The van der Waals surface area contributed by atoms with E-state index in [1.165, 1.54) is 22.8 Å². The zero-order chi connectivity index (χ0) is 31.2. The van der Waals surface area contributed by atoms with Crippen molar-refractivity contribution in [3.8, 4) is 0 Å². The molecule has 1 saturated heterocycles. The number of amides is 1. The Morgan fingerprint density at radius 1 is 0.886 bits per heavy atom. The van der Waals surface area contributed by atoms with Crippen LogP contribution in [-0.4, -0.2) is 33.4 Å². The summed E-state index contributed by atoms with van der Waals surface area (Å²) in [4.78, 5) is 20.6. The Hall–Kier alpha value is -4.51. The van der Waals surface area contributed by atoms with Crippen LogP contribution < -0.4 is 0 Å². The van der Waals surface area contributed by atoms with E-state index in [4.69, 9.17) is 4.98 Å². The van der Waals surface area contributed by atoms with Crippen LogP contribution in [0.2, 0.25) is 0 Å². The maximum atomic E-state index is 14.0. The number of hydrogen-bond donors (Lipinski definition) is 0.